The molecule has 3 nitrogen and oxygen atoms in total. The minimum atomic E-state index is -0.621. The molecule has 0 bridgehead atoms. The normalized spacial score (nSPS) is 16.5. The van der Waals surface area contributed by atoms with Gasteiger partial charge in [-0.2, -0.15) is 5.10 Å². The summed E-state index contributed by atoms with van der Waals surface area (Å²) in [7, 11) is 0. The molecule has 0 fully saturated rings. The van der Waals surface area contributed by atoms with Crippen molar-refractivity contribution in [1.29, 1.82) is 0 Å². The maximum Gasteiger partial charge on any atom is 0.0675 e. The Kier molecular flexibility index (Phi) is 5.86. The minimum absolute atomic E-state index is 0.434. The van der Waals surface area contributed by atoms with Crippen LogP contribution in [-0.4, -0.2) is 20.5 Å². The molecule has 0 amide bonds. The molecule has 0 aromatic carbocycles. The predicted octanol–water partition coefficient (Wildman–Crippen LogP) is 3.73. The fourth-order valence-corrected chi connectivity index (χ4v) is 2.14. The number of nitrogens with zero attached hydrogens (tertiary/aromatic N) is 2. The summed E-state index contributed by atoms with van der Waals surface area (Å²) >= 11 is 0. The zero-order chi connectivity index (χ0) is 13.6. The second kappa shape index (κ2) is 6.93. The summed E-state index contributed by atoms with van der Waals surface area (Å²) in [6.45, 7) is 8.43. The lowest BCUT2D eigenvalue weighted by Gasteiger charge is -2.22. The summed E-state index contributed by atoms with van der Waals surface area (Å²) < 4.78 is 2.00. The van der Waals surface area contributed by atoms with Gasteiger partial charge in [0.1, 0.15) is 0 Å². The molecule has 0 saturated heterocycles. The van der Waals surface area contributed by atoms with Gasteiger partial charge in [-0.25, -0.2) is 0 Å². The van der Waals surface area contributed by atoms with Gasteiger partial charge in [-0.3, -0.25) is 4.68 Å². The van der Waals surface area contributed by atoms with Gasteiger partial charge in [0.05, 0.1) is 11.3 Å². The molecule has 0 aliphatic heterocycles. The van der Waals surface area contributed by atoms with Crippen LogP contribution in [0.1, 0.15) is 71.5 Å². The molecule has 0 aliphatic rings. The highest BCUT2D eigenvalue weighted by molar-refractivity contribution is 5.03. The van der Waals surface area contributed by atoms with E-state index in [0.29, 0.717) is 12.5 Å². The molecule has 0 saturated carbocycles. The Morgan fingerprint density at radius 2 is 2.11 bits per heavy atom. The number of rotatable bonds is 8. The van der Waals surface area contributed by atoms with Gasteiger partial charge in [0, 0.05) is 18.7 Å². The smallest absolute Gasteiger partial charge is 0.0675 e. The van der Waals surface area contributed by atoms with E-state index in [1.54, 1.807) is 0 Å². The van der Waals surface area contributed by atoms with Gasteiger partial charge in [-0.15, -0.1) is 0 Å². The van der Waals surface area contributed by atoms with E-state index >= 15 is 0 Å². The van der Waals surface area contributed by atoms with Crippen molar-refractivity contribution in [3.8, 4) is 0 Å². The molecule has 0 aliphatic carbocycles. The van der Waals surface area contributed by atoms with E-state index in [-0.39, 0.29) is 0 Å². The van der Waals surface area contributed by atoms with Gasteiger partial charge in [-0.1, -0.05) is 33.1 Å². The summed E-state index contributed by atoms with van der Waals surface area (Å²) in [6, 6.07) is 2.46. The molecule has 1 aromatic rings. The number of aromatic nitrogens is 2. The van der Waals surface area contributed by atoms with Crippen LogP contribution in [0.25, 0.3) is 0 Å². The maximum absolute atomic E-state index is 10.4. The van der Waals surface area contributed by atoms with Gasteiger partial charge in [0.2, 0.25) is 0 Å². The molecule has 1 N–H and O–H groups in total. The molecule has 2 unspecified atom stereocenters. The van der Waals surface area contributed by atoms with Gasteiger partial charge in [0.25, 0.3) is 0 Å². The zero-order valence-electron chi connectivity index (χ0n) is 12.3. The van der Waals surface area contributed by atoms with Crippen LogP contribution in [-0.2, 0) is 6.42 Å². The molecule has 3 heteroatoms. The Hall–Kier alpha value is -0.830. The van der Waals surface area contributed by atoms with Crippen molar-refractivity contribution in [3.63, 3.8) is 0 Å². The van der Waals surface area contributed by atoms with E-state index in [1.807, 2.05) is 23.9 Å². The average Bonchev–Trinajstić information content (AvgIpc) is 2.75. The van der Waals surface area contributed by atoms with Crippen LogP contribution in [0.3, 0.4) is 0 Å². The van der Waals surface area contributed by atoms with Crippen LogP contribution in [0.4, 0.5) is 0 Å². The Morgan fingerprint density at radius 1 is 1.39 bits per heavy atom. The largest absolute Gasteiger partial charge is 0.390 e. The van der Waals surface area contributed by atoms with Crippen molar-refractivity contribution in [2.24, 2.45) is 0 Å². The summed E-state index contributed by atoms with van der Waals surface area (Å²) in [6.07, 6.45) is 8.09. The summed E-state index contributed by atoms with van der Waals surface area (Å²) in [5.74, 6) is 0. The molecule has 0 radical (unpaired) electrons. The first-order valence-electron chi connectivity index (χ1n) is 7.25. The molecule has 1 heterocycles. The van der Waals surface area contributed by atoms with Gasteiger partial charge >= 0.3 is 0 Å². The quantitative estimate of drug-likeness (QED) is 0.716. The van der Waals surface area contributed by atoms with Gasteiger partial charge < -0.3 is 5.11 Å². The minimum Gasteiger partial charge on any atom is -0.390 e. The fourth-order valence-electron chi connectivity index (χ4n) is 2.14. The highest BCUT2D eigenvalue weighted by Crippen LogP contribution is 2.20. The Morgan fingerprint density at radius 3 is 2.72 bits per heavy atom. The molecule has 0 spiro atoms. The molecule has 1 aromatic heterocycles. The van der Waals surface area contributed by atoms with Crippen LogP contribution >= 0.6 is 0 Å². The summed E-state index contributed by atoms with van der Waals surface area (Å²) in [5, 5.41) is 14.9. The van der Waals surface area contributed by atoms with E-state index < -0.39 is 5.60 Å². The first-order valence-corrected chi connectivity index (χ1v) is 7.25. The van der Waals surface area contributed by atoms with E-state index in [4.69, 9.17) is 0 Å². The Balaban J connectivity index is 2.52. The third-order valence-electron chi connectivity index (χ3n) is 3.59. The lowest BCUT2D eigenvalue weighted by Crippen LogP contribution is -2.27. The maximum atomic E-state index is 10.4. The van der Waals surface area contributed by atoms with Gasteiger partial charge in [-0.05, 0) is 32.8 Å². The van der Waals surface area contributed by atoms with Crippen LogP contribution in [0.15, 0.2) is 12.3 Å². The van der Waals surface area contributed by atoms with Crippen molar-refractivity contribution in [3.05, 3.63) is 18.0 Å². The zero-order valence-corrected chi connectivity index (χ0v) is 12.3. The molecule has 18 heavy (non-hydrogen) atoms. The topological polar surface area (TPSA) is 38.0 Å². The fraction of sp³-hybridized carbons (Fsp3) is 0.800. The monoisotopic (exact) mass is 252 g/mol. The third kappa shape index (κ3) is 4.81. The standard InChI is InChI=1S/C15H28N2O/c1-5-7-8-10-15(4,18)12-14-9-11-17(16-14)13(3)6-2/h9,11,13,18H,5-8,10,12H2,1-4H3. The first-order chi connectivity index (χ1) is 8.48. The van der Waals surface area contributed by atoms with Crippen LogP contribution in [0, 0.1) is 0 Å². The molecule has 2 atom stereocenters. The lowest BCUT2D eigenvalue weighted by atomic mass is 9.93. The number of aliphatic hydroxyl groups is 1. The van der Waals surface area contributed by atoms with E-state index in [2.05, 4.69) is 25.9 Å². The number of unbranched alkanes of at least 4 members (excludes halogenated alkanes) is 2. The highest BCUT2D eigenvalue weighted by atomic mass is 16.3. The van der Waals surface area contributed by atoms with Gasteiger partial charge in [0.15, 0.2) is 0 Å². The van der Waals surface area contributed by atoms with Crippen LogP contribution < -0.4 is 0 Å². The molecule has 104 valence electrons. The van der Waals surface area contributed by atoms with Crippen molar-refractivity contribution in [2.75, 3.05) is 0 Å². The SMILES string of the molecule is CCCCCC(C)(O)Cc1ccn(C(C)CC)n1. The van der Waals surface area contributed by atoms with E-state index in [9.17, 15) is 5.11 Å². The molecular weight excluding hydrogens is 224 g/mol. The number of hydrogen-bond donors (Lipinski definition) is 1. The van der Waals surface area contributed by atoms with E-state index in [0.717, 1.165) is 25.0 Å². The second-order valence-corrected chi connectivity index (χ2v) is 5.68. The lowest BCUT2D eigenvalue weighted by molar-refractivity contribution is 0.0474. The summed E-state index contributed by atoms with van der Waals surface area (Å²) in [4.78, 5) is 0. The Bertz CT molecular complexity index is 344. The van der Waals surface area contributed by atoms with Crippen LogP contribution in [0.5, 0.6) is 0 Å². The second-order valence-electron chi connectivity index (χ2n) is 5.68. The van der Waals surface area contributed by atoms with Crippen molar-refractivity contribution in [1.82, 2.24) is 9.78 Å². The van der Waals surface area contributed by atoms with E-state index in [1.165, 1.54) is 12.8 Å². The average molecular weight is 252 g/mol. The molecular formula is C15H28N2O. The van der Waals surface area contributed by atoms with Crippen molar-refractivity contribution < 1.29 is 5.11 Å². The third-order valence-corrected chi connectivity index (χ3v) is 3.59. The molecule has 1 rings (SSSR count). The van der Waals surface area contributed by atoms with Crippen molar-refractivity contribution in [2.45, 2.75) is 77.9 Å². The Labute approximate surface area is 111 Å². The summed E-state index contributed by atoms with van der Waals surface area (Å²) in [5.41, 5.74) is 0.376. The number of hydrogen-bond acceptors (Lipinski definition) is 2. The highest BCUT2D eigenvalue weighted by Gasteiger charge is 2.21. The predicted molar refractivity (Wildman–Crippen MR) is 75.7 cm³/mol. The van der Waals surface area contributed by atoms with Crippen molar-refractivity contribution >= 4 is 0 Å². The first kappa shape index (κ1) is 15.2. The van der Waals surface area contributed by atoms with Crippen LogP contribution in [0.2, 0.25) is 0 Å².